The Morgan fingerprint density at radius 1 is 1.06 bits per heavy atom. The molecule has 0 fully saturated rings. The molecule has 2 rings (SSSR count). The molecule has 0 heterocycles. The molecule has 9 heteroatoms. The summed E-state index contributed by atoms with van der Waals surface area (Å²) in [5, 5.41) is 20.6. The number of rotatable bonds is 11. The van der Waals surface area contributed by atoms with Crippen LogP contribution >= 0.6 is 0 Å². The lowest BCUT2D eigenvalue weighted by Crippen LogP contribution is -2.15. The standard InChI is InChI=1S/C23H25N3O6/c1-4-21(28)32-15-14-31-20-13-9-7-11-18(20)25-26-22(16(3)27)23(29)24-17-10-6-8-12-19(17)30-5-2/h4,6-13,27H,1,5,14-15H2,2-3H3,(H,24,29). The van der Waals surface area contributed by atoms with Crippen LogP contribution in [0.15, 0.2) is 82.9 Å². The van der Waals surface area contributed by atoms with Crippen molar-refractivity contribution < 1.29 is 28.9 Å². The molecule has 2 aromatic rings. The average Bonchev–Trinajstić information content (AvgIpc) is 2.78. The molecule has 168 valence electrons. The zero-order valence-electron chi connectivity index (χ0n) is 17.9. The molecule has 9 nitrogen and oxygen atoms in total. The van der Waals surface area contributed by atoms with E-state index >= 15 is 0 Å². The van der Waals surface area contributed by atoms with Crippen molar-refractivity contribution in [1.82, 2.24) is 0 Å². The average molecular weight is 439 g/mol. The van der Waals surface area contributed by atoms with Crippen molar-refractivity contribution >= 4 is 23.3 Å². The van der Waals surface area contributed by atoms with Crippen molar-refractivity contribution in [1.29, 1.82) is 0 Å². The van der Waals surface area contributed by atoms with Crippen LogP contribution in [0.25, 0.3) is 0 Å². The molecule has 0 saturated heterocycles. The number of hydrogen-bond acceptors (Lipinski definition) is 8. The zero-order chi connectivity index (χ0) is 23.3. The summed E-state index contributed by atoms with van der Waals surface area (Å²) in [6.07, 6.45) is 1.06. The van der Waals surface area contributed by atoms with Crippen molar-refractivity contribution in [3.05, 3.63) is 72.6 Å². The number of aliphatic hydroxyl groups excluding tert-OH is 1. The minimum atomic E-state index is -0.657. The molecule has 2 aromatic carbocycles. The van der Waals surface area contributed by atoms with Crippen molar-refractivity contribution in [3.8, 4) is 11.5 Å². The van der Waals surface area contributed by atoms with Gasteiger partial charge in [-0.2, -0.15) is 0 Å². The van der Waals surface area contributed by atoms with E-state index < -0.39 is 11.9 Å². The molecule has 0 bridgehead atoms. The van der Waals surface area contributed by atoms with Crippen molar-refractivity contribution in [2.45, 2.75) is 13.8 Å². The third-order valence-electron chi connectivity index (χ3n) is 3.87. The van der Waals surface area contributed by atoms with Crippen LogP contribution in [0.3, 0.4) is 0 Å². The van der Waals surface area contributed by atoms with Gasteiger partial charge in [0.1, 0.15) is 36.2 Å². The predicted octanol–water partition coefficient (Wildman–Crippen LogP) is 4.71. The quantitative estimate of drug-likeness (QED) is 0.172. The first-order valence-electron chi connectivity index (χ1n) is 9.82. The maximum atomic E-state index is 12.7. The molecular formula is C23H25N3O6. The SMILES string of the molecule is C=CC(=O)OCCOc1ccccc1N=NC(C(=O)Nc1ccccc1OCC)=C(C)O. The smallest absolute Gasteiger partial charge is 0.330 e. The molecule has 0 saturated carbocycles. The maximum absolute atomic E-state index is 12.7. The van der Waals surface area contributed by atoms with Crippen LogP contribution in [0.5, 0.6) is 11.5 Å². The van der Waals surface area contributed by atoms with Gasteiger partial charge in [0, 0.05) is 6.08 Å². The number of esters is 1. The van der Waals surface area contributed by atoms with Crippen molar-refractivity contribution in [2.24, 2.45) is 10.2 Å². The Hall–Kier alpha value is -4.14. The number of hydrogen-bond donors (Lipinski definition) is 2. The highest BCUT2D eigenvalue weighted by molar-refractivity contribution is 6.04. The van der Waals surface area contributed by atoms with Crippen LogP contribution in [0.2, 0.25) is 0 Å². The number of carbonyl (C=O) groups excluding carboxylic acids is 2. The number of amides is 1. The normalized spacial score (nSPS) is 11.4. The van der Waals surface area contributed by atoms with Gasteiger partial charge in [0.15, 0.2) is 5.70 Å². The van der Waals surface area contributed by atoms with E-state index in [1.807, 2.05) is 6.92 Å². The van der Waals surface area contributed by atoms with E-state index in [2.05, 4.69) is 22.1 Å². The van der Waals surface area contributed by atoms with E-state index in [9.17, 15) is 14.7 Å². The summed E-state index contributed by atoms with van der Waals surface area (Å²) in [5.74, 6) is -0.661. The van der Waals surface area contributed by atoms with Crippen LogP contribution in [-0.2, 0) is 14.3 Å². The second-order valence-corrected chi connectivity index (χ2v) is 6.21. The van der Waals surface area contributed by atoms with Crippen LogP contribution in [0.1, 0.15) is 13.8 Å². The summed E-state index contributed by atoms with van der Waals surface area (Å²) in [5.41, 5.74) is 0.487. The third kappa shape index (κ3) is 7.28. The Bertz CT molecular complexity index is 1010. The first-order valence-corrected chi connectivity index (χ1v) is 9.82. The number of aliphatic hydroxyl groups is 1. The first-order chi connectivity index (χ1) is 15.5. The number of para-hydroxylation sites is 3. The number of nitrogens with zero attached hydrogens (tertiary/aromatic N) is 2. The summed E-state index contributed by atoms with van der Waals surface area (Å²) in [7, 11) is 0. The molecule has 32 heavy (non-hydrogen) atoms. The fraction of sp³-hybridized carbons (Fsp3) is 0.217. The van der Waals surface area contributed by atoms with Gasteiger partial charge in [0.25, 0.3) is 5.91 Å². The minimum absolute atomic E-state index is 0.0267. The van der Waals surface area contributed by atoms with E-state index in [1.54, 1.807) is 48.5 Å². The Kier molecular flexibility index (Phi) is 9.45. The number of nitrogens with one attached hydrogen (secondary N) is 1. The van der Waals surface area contributed by atoms with E-state index in [0.29, 0.717) is 29.5 Å². The van der Waals surface area contributed by atoms with Gasteiger partial charge in [-0.15, -0.1) is 10.2 Å². The monoisotopic (exact) mass is 439 g/mol. The highest BCUT2D eigenvalue weighted by Crippen LogP contribution is 2.29. The number of ether oxygens (including phenoxy) is 3. The molecule has 0 spiro atoms. The van der Waals surface area contributed by atoms with Crippen molar-refractivity contribution in [2.75, 3.05) is 25.1 Å². The van der Waals surface area contributed by atoms with Gasteiger partial charge in [-0.1, -0.05) is 30.8 Å². The largest absolute Gasteiger partial charge is 0.510 e. The Morgan fingerprint density at radius 3 is 2.44 bits per heavy atom. The highest BCUT2D eigenvalue weighted by Gasteiger charge is 2.16. The molecule has 0 unspecified atom stereocenters. The van der Waals surface area contributed by atoms with Gasteiger partial charge in [-0.3, -0.25) is 4.79 Å². The van der Waals surface area contributed by atoms with E-state index in [1.165, 1.54) is 6.92 Å². The summed E-state index contributed by atoms with van der Waals surface area (Å²) in [6.45, 7) is 7.02. The summed E-state index contributed by atoms with van der Waals surface area (Å²) in [4.78, 5) is 23.8. The number of anilines is 1. The number of azo groups is 1. The zero-order valence-corrected chi connectivity index (χ0v) is 17.9. The Morgan fingerprint density at radius 2 is 1.75 bits per heavy atom. The van der Waals surface area contributed by atoms with Crippen LogP contribution in [0, 0.1) is 0 Å². The number of allylic oxidation sites excluding steroid dienone is 1. The second kappa shape index (κ2) is 12.5. The lowest BCUT2D eigenvalue weighted by molar-refractivity contribution is -0.138. The highest BCUT2D eigenvalue weighted by atomic mass is 16.6. The lowest BCUT2D eigenvalue weighted by atomic mass is 10.2. The molecule has 1 amide bonds. The van der Waals surface area contributed by atoms with Gasteiger partial charge in [0.05, 0.1) is 12.3 Å². The topological polar surface area (TPSA) is 119 Å². The first kappa shape index (κ1) is 24.1. The number of benzene rings is 2. The molecule has 2 N–H and O–H groups in total. The van der Waals surface area contributed by atoms with Crippen LogP contribution < -0.4 is 14.8 Å². The van der Waals surface area contributed by atoms with Gasteiger partial charge in [-0.25, -0.2) is 4.79 Å². The van der Waals surface area contributed by atoms with Gasteiger partial charge < -0.3 is 24.6 Å². The van der Waals surface area contributed by atoms with Gasteiger partial charge >= 0.3 is 5.97 Å². The van der Waals surface area contributed by atoms with E-state index in [4.69, 9.17) is 14.2 Å². The molecule has 0 radical (unpaired) electrons. The Balaban J connectivity index is 2.13. The molecule has 0 aliphatic rings. The van der Waals surface area contributed by atoms with Crippen molar-refractivity contribution in [3.63, 3.8) is 0 Å². The minimum Gasteiger partial charge on any atom is -0.510 e. The van der Waals surface area contributed by atoms with E-state index in [-0.39, 0.29) is 24.7 Å². The molecule has 0 atom stereocenters. The van der Waals surface area contributed by atoms with E-state index in [0.717, 1.165) is 6.08 Å². The Labute approximate surface area is 186 Å². The summed E-state index contributed by atoms with van der Waals surface area (Å²) in [6, 6.07) is 13.6. The fourth-order valence-corrected chi connectivity index (χ4v) is 2.43. The second-order valence-electron chi connectivity index (χ2n) is 6.21. The summed E-state index contributed by atoms with van der Waals surface area (Å²) < 4.78 is 15.9. The molecular weight excluding hydrogens is 414 g/mol. The lowest BCUT2D eigenvalue weighted by Gasteiger charge is -2.11. The van der Waals surface area contributed by atoms with Gasteiger partial charge in [-0.05, 0) is 38.1 Å². The fourth-order valence-electron chi connectivity index (χ4n) is 2.43. The van der Waals surface area contributed by atoms with Crippen LogP contribution in [0.4, 0.5) is 11.4 Å². The van der Waals surface area contributed by atoms with Gasteiger partial charge in [0.2, 0.25) is 0 Å². The third-order valence-corrected chi connectivity index (χ3v) is 3.87. The summed E-state index contributed by atoms with van der Waals surface area (Å²) >= 11 is 0. The number of carbonyl (C=O) groups is 2. The predicted molar refractivity (Wildman–Crippen MR) is 119 cm³/mol. The molecule has 0 aromatic heterocycles. The molecule has 0 aliphatic heterocycles. The maximum Gasteiger partial charge on any atom is 0.330 e. The molecule has 0 aliphatic carbocycles. The van der Waals surface area contributed by atoms with Crippen LogP contribution in [-0.4, -0.2) is 36.8 Å².